The Balaban J connectivity index is 2.14. The summed E-state index contributed by atoms with van der Waals surface area (Å²) in [5.74, 6) is -3.01. The minimum atomic E-state index is -1.13. The smallest absolute Gasteiger partial charge is 0.349 e. The monoisotopic (exact) mass is 322 g/mol. The van der Waals surface area contributed by atoms with Crippen molar-refractivity contribution in [1.29, 1.82) is 0 Å². The molecule has 0 N–H and O–H groups in total. The Hall–Kier alpha value is -2.53. The lowest BCUT2D eigenvalue weighted by Crippen LogP contribution is -2.13. The lowest BCUT2D eigenvalue weighted by molar-refractivity contribution is -0.107. The number of carbonyl (C=O) groups is 2. The van der Waals surface area contributed by atoms with Gasteiger partial charge in [0.15, 0.2) is 0 Å². The summed E-state index contributed by atoms with van der Waals surface area (Å²) >= 11 is 5.16. The van der Waals surface area contributed by atoms with Crippen LogP contribution in [0, 0.1) is 11.6 Å². The van der Waals surface area contributed by atoms with Gasteiger partial charge in [-0.15, -0.1) is 0 Å². The first kappa shape index (κ1) is 15.9. The van der Waals surface area contributed by atoms with Crippen molar-refractivity contribution in [3.63, 3.8) is 0 Å². The van der Waals surface area contributed by atoms with Gasteiger partial charge in [-0.2, -0.15) is 0 Å². The van der Waals surface area contributed by atoms with Gasteiger partial charge in [0.2, 0.25) is 5.24 Å². The van der Waals surface area contributed by atoms with Gasteiger partial charge >= 0.3 is 5.97 Å². The highest BCUT2D eigenvalue weighted by atomic mass is 35.5. The van der Waals surface area contributed by atoms with E-state index < -0.39 is 28.4 Å². The highest BCUT2D eigenvalue weighted by molar-refractivity contribution is 6.66. The number of allylic oxidation sites excluding steroid dienone is 1. The maximum atomic E-state index is 13.4. The summed E-state index contributed by atoms with van der Waals surface area (Å²) in [6.45, 7) is 0. The van der Waals surface area contributed by atoms with Gasteiger partial charge in [-0.05, 0) is 47.5 Å². The van der Waals surface area contributed by atoms with Crippen LogP contribution in [0.1, 0.15) is 15.9 Å². The molecule has 0 aromatic heterocycles. The van der Waals surface area contributed by atoms with Gasteiger partial charge in [0.1, 0.15) is 22.9 Å². The van der Waals surface area contributed by atoms with Gasteiger partial charge in [0, 0.05) is 0 Å². The molecule has 0 bridgehead atoms. The molecule has 22 heavy (non-hydrogen) atoms. The molecule has 0 aliphatic heterocycles. The average molecular weight is 323 g/mol. The molecule has 0 saturated carbocycles. The molecule has 3 nitrogen and oxygen atoms in total. The molecule has 0 radical (unpaired) electrons. The molecule has 0 spiro atoms. The van der Waals surface area contributed by atoms with Crippen molar-refractivity contribution >= 4 is 28.9 Å². The molecule has 0 heterocycles. The third-order valence-electron chi connectivity index (χ3n) is 2.66. The number of esters is 1. The minimum absolute atomic E-state index is 0.113. The molecule has 0 aliphatic carbocycles. The van der Waals surface area contributed by atoms with E-state index in [4.69, 9.17) is 16.3 Å². The van der Waals surface area contributed by atoms with E-state index >= 15 is 0 Å². The molecule has 0 amide bonds. The Morgan fingerprint density at radius 2 is 1.59 bits per heavy atom. The summed E-state index contributed by atoms with van der Waals surface area (Å²) in [5, 5.41) is -0.620. The second-order valence-corrected chi connectivity index (χ2v) is 4.57. The third-order valence-corrected chi connectivity index (χ3v) is 2.79. The molecule has 0 unspecified atom stereocenters. The van der Waals surface area contributed by atoms with Crippen LogP contribution in [0.5, 0.6) is 5.75 Å². The third kappa shape index (κ3) is 3.99. The van der Waals surface area contributed by atoms with E-state index in [-0.39, 0.29) is 5.75 Å². The summed E-state index contributed by atoms with van der Waals surface area (Å²) in [5.41, 5.74) is -0.106. The van der Waals surface area contributed by atoms with Crippen LogP contribution in [-0.4, -0.2) is 11.2 Å². The van der Waals surface area contributed by atoms with Gasteiger partial charge in [-0.1, -0.05) is 24.3 Å². The Kier molecular flexibility index (Phi) is 5.01. The van der Waals surface area contributed by atoms with Gasteiger partial charge in [0.25, 0.3) is 0 Å². The van der Waals surface area contributed by atoms with Gasteiger partial charge < -0.3 is 4.74 Å². The number of ether oxygens (including phenoxy) is 1. The predicted molar refractivity (Wildman–Crippen MR) is 77.7 cm³/mol. The average Bonchev–Trinajstić information content (AvgIpc) is 2.46. The summed E-state index contributed by atoms with van der Waals surface area (Å²) in [7, 11) is 0. The fourth-order valence-electron chi connectivity index (χ4n) is 1.66. The molecule has 2 aromatic rings. The van der Waals surface area contributed by atoms with Crippen molar-refractivity contribution in [2.75, 3.05) is 0 Å². The number of hydrogen-bond donors (Lipinski definition) is 0. The molecular formula is C16H9ClF2O3. The molecule has 2 rings (SSSR count). The highest BCUT2D eigenvalue weighted by Gasteiger charge is 2.19. The largest absolute Gasteiger partial charge is 0.423 e. The van der Waals surface area contributed by atoms with Crippen LogP contribution in [0.2, 0.25) is 0 Å². The van der Waals surface area contributed by atoms with Gasteiger partial charge in [0.05, 0.1) is 0 Å². The van der Waals surface area contributed by atoms with Crippen LogP contribution >= 0.6 is 11.6 Å². The summed E-state index contributed by atoms with van der Waals surface area (Å²) < 4.78 is 31.8. The lowest BCUT2D eigenvalue weighted by atomic mass is 10.2. The Morgan fingerprint density at radius 1 is 1.00 bits per heavy atom. The standard InChI is InChI=1S/C16H9ClF2O3/c17-14(20)9-6-10-4-7-11(8-5-10)22-16(21)15-12(18)2-1-3-13(15)19/h1-9H/b9-6+. The molecule has 0 aliphatic rings. The molecule has 0 fully saturated rings. The molecular weight excluding hydrogens is 314 g/mol. The van der Waals surface area contributed by atoms with Crippen molar-refractivity contribution in [2.24, 2.45) is 0 Å². The topological polar surface area (TPSA) is 43.4 Å². The summed E-state index contributed by atoms with van der Waals surface area (Å²) in [4.78, 5) is 22.4. The highest BCUT2D eigenvalue weighted by Crippen LogP contribution is 2.18. The Bertz CT molecular complexity index is 719. The van der Waals surface area contributed by atoms with Crippen molar-refractivity contribution in [1.82, 2.24) is 0 Å². The van der Waals surface area contributed by atoms with Crippen LogP contribution in [0.25, 0.3) is 6.08 Å². The van der Waals surface area contributed by atoms with E-state index in [1.54, 1.807) is 12.1 Å². The first-order valence-electron chi connectivity index (χ1n) is 6.11. The van der Waals surface area contributed by atoms with E-state index in [0.29, 0.717) is 5.56 Å². The SMILES string of the molecule is O=C(Cl)/C=C/c1ccc(OC(=O)c2c(F)cccc2F)cc1. The number of halogens is 3. The van der Waals surface area contributed by atoms with Crippen LogP contribution in [0.4, 0.5) is 8.78 Å². The maximum Gasteiger partial charge on any atom is 0.349 e. The van der Waals surface area contributed by atoms with Crippen molar-refractivity contribution in [3.8, 4) is 5.75 Å². The van der Waals surface area contributed by atoms with E-state index in [0.717, 1.165) is 24.3 Å². The van der Waals surface area contributed by atoms with Crippen LogP contribution in [-0.2, 0) is 4.79 Å². The Labute approximate surface area is 129 Å². The van der Waals surface area contributed by atoms with Crippen LogP contribution < -0.4 is 4.74 Å². The first-order valence-corrected chi connectivity index (χ1v) is 6.49. The zero-order chi connectivity index (χ0) is 16.1. The summed E-state index contributed by atoms with van der Waals surface area (Å²) in [6.07, 6.45) is 2.63. The van der Waals surface area contributed by atoms with Crippen molar-refractivity contribution < 1.29 is 23.1 Å². The van der Waals surface area contributed by atoms with E-state index in [1.807, 2.05) is 0 Å². The molecule has 0 saturated heterocycles. The van der Waals surface area contributed by atoms with E-state index in [2.05, 4.69) is 0 Å². The molecule has 6 heteroatoms. The fraction of sp³-hybridized carbons (Fsp3) is 0. The van der Waals surface area contributed by atoms with E-state index in [9.17, 15) is 18.4 Å². The molecule has 0 atom stereocenters. The lowest BCUT2D eigenvalue weighted by Gasteiger charge is -2.06. The maximum absolute atomic E-state index is 13.4. The number of hydrogen-bond acceptors (Lipinski definition) is 3. The second kappa shape index (κ2) is 6.95. The van der Waals surface area contributed by atoms with Crippen LogP contribution in [0.3, 0.4) is 0 Å². The predicted octanol–water partition coefficient (Wildman–Crippen LogP) is 3.96. The summed E-state index contributed by atoms with van der Waals surface area (Å²) in [6, 6.07) is 9.05. The number of rotatable bonds is 4. The van der Waals surface area contributed by atoms with Gasteiger partial charge in [-0.3, -0.25) is 4.79 Å². The normalized spacial score (nSPS) is 10.7. The van der Waals surface area contributed by atoms with E-state index in [1.165, 1.54) is 18.2 Å². The number of benzene rings is 2. The van der Waals surface area contributed by atoms with Gasteiger partial charge in [-0.25, -0.2) is 13.6 Å². The molecule has 2 aromatic carbocycles. The zero-order valence-corrected chi connectivity index (χ0v) is 11.8. The second-order valence-electron chi connectivity index (χ2n) is 4.19. The van der Waals surface area contributed by atoms with Crippen LogP contribution in [0.15, 0.2) is 48.5 Å². The quantitative estimate of drug-likeness (QED) is 0.370. The van der Waals surface area contributed by atoms with Crippen molar-refractivity contribution in [2.45, 2.75) is 0 Å². The minimum Gasteiger partial charge on any atom is -0.423 e. The molecule has 112 valence electrons. The number of carbonyl (C=O) groups excluding carboxylic acids is 2. The first-order chi connectivity index (χ1) is 10.5. The van der Waals surface area contributed by atoms with Crippen molar-refractivity contribution in [3.05, 3.63) is 71.3 Å². The zero-order valence-electron chi connectivity index (χ0n) is 11.1. The Morgan fingerprint density at radius 3 is 2.14 bits per heavy atom. The fourth-order valence-corrected chi connectivity index (χ4v) is 1.72.